The number of hydrazine groups is 1. The Labute approximate surface area is 238 Å². The van der Waals surface area contributed by atoms with Gasteiger partial charge in [0.25, 0.3) is 0 Å². The molecule has 0 spiro atoms. The number of anilines is 2. The molecule has 7 nitrogen and oxygen atoms in total. The molecule has 0 atom stereocenters. The van der Waals surface area contributed by atoms with Gasteiger partial charge in [-0.1, -0.05) is 23.5 Å². The summed E-state index contributed by atoms with van der Waals surface area (Å²) in [6.07, 6.45) is -3.32. The number of hydrogen-bond donors (Lipinski definition) is 3. The topological polar surface area (TPSA) is 76.5 Å². The van der Waals surface area contributed by atoms with Crippen molar-refractivity contribution >= 4 is 49.3 Å². The lowest BCUT2D eigenvalue weighted by Crippen LogP contribution is -2.35. The Kier molecular flexibility index (Phi) is 7.43. The van der Waals surface area contributed by atoms with Gasteiger partial charge in [0, 0.05) is 60.5 Å². The molecule has 4 aromatic rings. The lowest BCUT2D eigenvalue weighted by atomic mass is 10.0. The van der Waals surface area contributed by atoms with Crippen LogP contribution < -0.4 is 15.8 Å². The van der Waals surface area contributed by atoms with E-state index >= 15 is 0 Å². The molecule has 2 aliphatic heterocycles. The van der Waals surface area contributed by atoms with E-state index in [9.17, 15) is 18.3 Å². The van der Waals surface area contributed by atoms with Crippen LogP contribution in [-0.4, -0.2) is 58.4 Å². The average Bonchev–Trinajstić information content (AvgIpc) is 3.66. The Morgan fingerprint density at radius 2 is 1.93 bits per heavy atom. The number of likely N-dealkylation sites (N-methyl/N-ethyl adjacent to an activating group) is 1. The fourth-order valence-electron chi connectivity index (χ4n) is 5.22. The molecule has 0 amide bonds. The second kappa shape index (κ2) is 11.0. The smallest absolute Gasteiger partial charge is 0.393 e. The predicted octanol–water partition coefficient (Wildman–Crippen LogP) is 6.11. The molecule has 4 heterocycles. The van der Waals surface area contributed by atoms with Gasteiger partial charge in [-0.2, -0.15) is 13.2 Å². The van der Waals surface area contributed by atoms with E-state index in [1.54, 1.807) is 0 Å². The molecular weight excluding hydrogens is 557 g/mol. The van der Waals surface area contributed by atoms with Crippen LogP contribution in [0, 0.1) is 0 Å². The minimum atomic E-state index is -4.60. The standard InChI is InChI=1S/C28H29F3N6OS2/c1-2-37-15-21(25(28(29,30)31)34-35-27-33-22-5-3-4-6-24(22)40-27)20-13-17(7-8-23(20)37)26-32-18(16-39-26)14-36-11-9-19(38)10-12-36/h3-8,13,16,19,34,38H,2,9-12,14-15H2,1H3,(H,33,35)/b25-21+. The van der Waals surface area contributed by atoms with Crippen molar-refractivity contribution in [1.29, 1.82) is 0 Å². The minimum absolute atomic E-state index is 0.141. The van der Waals surface area contributed by atoms with Crippen LogP contribution in [0.25, 0.3) is 26.4 Å². The number of halogens is 3. The van der Waals surface area contributed by atoms with Gasteiger partial charge in [0.2, 0.25) is 5.13 Å². The fraction of sp³-hybridized carbons (Fsp3) is 0.357. The van der Waals surface area contributed by atoms with Crippen LogP contribution in [0.2, 0.25) is 0 Å². The third-order valence-corrected chi connectivity index (χ3v) is 9.20. The number of allylic oxidation sites excluding steroid dienone is 1. The number of nitrogens with one attached hydrogen (secondary N) is 2. The van der Waals surface area contributed by atoms with Gasteiger partial charge in [-0.15, -0.1) is 11.3 Å². The van der Waals surface area contributed by atoms with E-state index in [2.05, 4.69) is 20.7 Å². The first kappa shape index (κ1) is 27.0. The molecular formula is C28H29F3N6OS2. The third kappa shape index (κ3) is 5.53. The van der Waals surface area contributed by atoms with Crippen molar-refractivity contribution in [1.82, 2.24) is 20.3 Å². The molecule has 0 radical (unpaired) electrons. The van der Waals surface area contributed by atoms with Gasteiger partial charge in [-0.25, -0.2) is 9.97 Å². The summed E-state index contributed by atoms with van der Waals surface area (Å²) in [7, 11) is 0. The zero-order valence-electron chi connectivity index (χ0n) is 21.8. The van der Waals surface area contributed by atoms with Gasteiger partial charge in [0.05, 0.1) is 22.0 Å². The zero-order chi connectivity index (χ0) is 27.9. The summed E-state index contributed by atoms with van der Waals surface area (Å²) < 4.78 is 44.2. The quantitative estimate of drug-likeness (QED) is 0.226. The van der Waals surface area contributed by atoms with Gasteiger partial charge in [-0.05, 0) is 50.1 Å². The van der Waals surface area contributed by atoms with Gasteiger partial charge in [-0.3, -0.25) is 15.8 Å². The summed E-state index contributed by atoms with van der Waals surface area (Å²) >= 11 is 2.78. The highest BCUT2D eigenvalue weighted by Crippen LogP contribution is 2.43. The van der Waals surface area contributed by atoms with E-state index in [0.29, 0.717) is 23.8 Å². The molecule has 40 heavy (non-hydrogen) atoms. The third-order valence-electron chi connectivity index (χ3n) is 7.31. The summed E-state index contributed by atoms with van der Waals surface area (Å²) in [6.45, 7) is 5.01. The van der Waals surface area contributed by atoms with Gasteiger partial charge < -0.3 is 10.0 Å². The summed E-state index contributed by atoms with van der Waals surface area (Å²) in [5.74, 6) is 0. The summed E-state index contributed by atoms with van der Waals surface area (Å²) in [5.41, 5.74) is 8.30. The normalized spacial score (nSPS) is 17.9. The van der Waals surface area contributed by atoms with Gasteiger partial charge in [0.15, 0.2) is 0 Å². The highest BCUT2D eigenvalue weighted by molar-refractivity contribution is 7.22. The Hall–Kier alpha value is -3.19. The number of fused-ring (bicyclic) bond motifs is 2. The Morgan fingerprint density at radius 1 is 1.12 bits per heavy atom. The van der Waals surface area contributed by atoms with E-state index < -0.39 is 11.9 Å². The van der Waals surface area contributed by atoms with Crippen molar-refractivity contribution in [2.75, 3.05) is 36.5 Å². The number of piperidine rings is 1. The van der Waals surface area contributed by atoms with Crippen LogP contribution in [-0.2, 0) is 6.54 Å². The molecule has 2 aliphatic rings. The van der Waals surface area contributed by atoms with Crippen LogP contribution >= 0.6 is 22.7 Å². The highest BCUT2D eigenvalue weighted by atomic mass is 32.1. The summed E-state index contributed by atoms with van der Waals surface area (Å²) in [4.78, 5) is 13.4. The first-order chi connectivity index (χ1) is 19.3. The number of alkyl halides is 3. The molecule has 210 valence electrons. The number of nitrogens with zero attached hydrogens (tertiary/aromatic N) is 4. The lowest BCUT2D eigenvalue weighted by molar-refractivity contribution is -0.0954. The maximum Gasteiger partial charge on any atom is 0.433 e. The molecule has 12 heteroatoms. The molecule has 2 aromatic carbocycles. The van der Waals surface area contributed by atoms with Crippen LogP contribution in [0.4, 0.5) is 24.0 Å². The molecule has 0 aliphatic carbocycles. The second-order valence-electron chi connectivity index (χ2n) is 9.99. The molecule has 2 aromatic heterocycles. The molecule has 0 saturated carbocycles. The second-order valence-corrected chi connectivity index (χ2v) is 11.9. The van der Waals surface area contributed by atoms with Crippen molar-refractivity contribution in [2.45, 2.75) is 38.6 Å². The molecule has 0 unspecified atom stereocenters. The first-order valence-electron chi connectivity index (χ1n) is 13.2. The number of benzene rings is 2. The van der Waals surface area contributed by atoms with Crippen molar-refractivity contribution in [3.63, 3.8) is 0 Å². The fourth-order valence-corrected chi connectivity index (χ4v) is 6.85. The first-order valence-corrected chi connectivity index (χ1v) is 14.9. The van der Waals surface area contributed by atoms with Crippen molar-refractivity contribution in [3.8, 4) is 10.6 Å². The van der Waals surface area contributed by atoms with E-state index in [4.69, 9.17) is 4.98 Å². The minimum Gasteiger partial charge on any atom is -0.393 e. The van der Waals surface area contributed by atoms with Crippen LogP contribution in [0.1, 0.15) is 31.0 Å². The number of thiazole rings is 2. The van der Waals surface area contributed by atoms with Crippen LogP contribution in [0.15, 0.2) is 53.5 Å². The Bertz CT molecular complexity index is 1510. The monoisotopic (exact) mass is 586 g/mol. The summed E-state index contributed by atoms with van der Waals surface area (Å²) in [6, 6.07) is 13.1. The van der Waals surface area contributed by atoms with E-state index in [1.165, 1.54) is 22.7 Å². The Morgan fingerprint density at radius 3 is 2.67 bits per heavy atom. The highest BCUT2D eigenvalue weighted by Gasteiger charge is 2.40. The predicted molar refractivity (Wildman–Crippen MR) is 155 cm³/mol. The number of aliphatic hydroxyl groups excluding tert-OH is 1. The van der Waals surface area contributed by atoms with Gasteiger partial charge in [0.1, 0.15) is 10.7 Å². The van der Waals surface area contributed by atoms with Crippen LogP contribution in [0.3, 0.4) is 0 Å². The number of aromatic nitrogens is 2. The molecule has 1 fully saturated rings. The number of para-hydroxylation sites is 1. The van der Waals surface area contributed by atoms with Crippen molar-refractivity contribution in [2.24, 2.45) is 0 Å². The zero-order valence-corrected chi connectivity index (χ0v) is 23.5. The maximum atomic E-state index is 14.5. The van der Waals surface area contributed by atoms with E-state index in [1.807, 2.05) is 59.7 Å². The average molecular weight is 587 g/mol. The Balaban J connectivity index is 1.29. The lowest BCUT2D eigenvalue weighted by Gasteiger charge is -2.28. The number of hydrogen-bond acceptors (Lipinski definition) is 9. The van der Waals surface area contributed by atoms with E-state index in [0.717, 1.165) is 58.1 Å². The molecule has 1 saturated heterocycles. The molecule has 0 bridgehead atoms. The van der Waals surface area contributed by atoms with Crippen LogP contribution in [0.5, 0.6) is 0 Å². The number of aliphatic hydroxyl groups is 1. The largest absolute Gasteiger partial charge is 0.433 e. The maximum absolute atomic E-state index is 14.5. The molecule has 6 rings (SSSR count). The van der Waals surface area contributed by atoms with Crippen molar-refractivity contribution < 1.29 is 18.3 Å². The molecule has 3 N–H and O–H groups in total. The van der Waals surface area contributed by atoms with Crippen molar-refractivity contribution in [3.05, 3.63) is 64.8 Å². The SMILES string of the molecule is CCN1C/C(=C(\NNc2nc3ccccc3s2)C(F)(F)F)c2cc(-c3nc(CN4CCC(O)CC4)cs3)ccc21. The van der Waals surface area contributed by atoms with Gasteiger partial charge >= 0.3 is 6.18 Å². The number of rotatable bonds is 7. The number of likely N-dealkylation sites (tertiary alicyclic amines) is 1. The van der Waals surface area contributed by atoms with E-state index in [-0.39, 0.29) is 18.2 Å². The summed E-state index contributed by atoms with van der Waals surface area (Å²) in [5, 5.41) is 12.9.